The van der Waals surface area contributed by atoms with Crippen LogP contribution in [-0.2, 0) is 0 Å². The summed E-state index contributed by atoms with van der Waals surface area (Å²) < 4.78 is 5.48. The molecule has 1 heterocycles. The van der Waals surface area contributed by atoms with Crippen LogP contribution < -0.4 is 17.2 Å². The SMILES string of the molecule is N=c1oc2cc(N)c(N)cc2n1O. The fourth-order valence-corrected chi connectivity index (χ4v) is 1.10. The highest BCUT2D eigenvalue weighted by atomic mass is 16.5. The number of anilines is 2. The minimum Gasteiger partial charge on any atom is -0.424 e. The molecule has 6 N–H and O–H groups in total. The predicted octanol–water partition coefficient (Wildman–Crippen LogP) is 0.115. The minimum absolute atomic E-state index is 0.330. The number of benzene rings is 1. The van der Waals surface area contributed by atoms with Crippen molar-refractivity contribution in [1.82, 2.24) is 4.73 Å². The highest BCUT2D eigenvalue weighted by Gasteiger charge is 2.07. The number of hydrogen-bond acceptors (Lipinski definition) is 5. The molecule has 0 saturated carbocycles. The van der Waals surface area contributed by atoms with Crippen LogP contribution in [-0.4, -0.2) is 9.94 Å². The van der Waals surface area contributed by atoms with Gasteiger partial charge in [0, 0.05) is 6.07 Å². The van der Waals surface area contributed by atoms with E-state index < -0.39 is 0 Å². The lowest BCUT2D eigenvalue weighted by Crippen LogP contribution is -2.10. The molecule has 0 aliphatic heterocycles. The molecule has 13 heavy (non-hydrogen) atoms. The molecule has 6 heteroatoms. The molecule has 0 aliphatic carbocycles. The monoisotopic (exact) mass is 180 g/mol. The molecule has 0 unspecified atom stereocenters. The van der Waals surface area contributed by atoms with Crippen LogP contribution in [0.15, 0.2) is 16.5 Å². The van der Waals surface area contributed by atoms with Crippen molar-refractivity contribution < 1.29 is 9.62 Å². The van der Waals surface area contributed by atoms with Crippen LogP contribution >= 0.6 is 0 Å². The van der Waals surface area contributed by atoms with Gasteiger partial charge in [-0.05, 0) is 6.07 Å². The average Bonchev–Trinajstić information content (AvgIpc) is 2.32. The molecule has 68 valence electrons. The summed E-state index contributed by atoms with van der Waals surface area (Å²) in [7, 11) is 0. The number of aromatic nitrogens is 1. The van der Waals surface area contributed by atoms with E-state index in [0.29, 0.717) is 27.2 Å². The third-order valence-electron chi connectivity index (χ3n) is 1.79. The molecule has 0 aliphatic rings. The molecule has 0 spiro atoms. The Labute approximate surface area is 72.5 Å². The Hall–Kier alpha value is -2.11. The van der Waals surface area contributed by atoms with E-state index in [1.54, 1.807) is 0 Å². The minimum atomic E-state index is -0.361. The third kappa shape index (κ3) is 0.919. The van der Waals surface area contributed by atoms with Gasteiger partial charge in [0.15, 0.2) is 5.58 Å². The first-order valence-corrected chi connectivity index (χ1v) is 3.54. The van der Waals surface area contributed by atoms with Gasteiger partial charge in [-0.25, -0.2) is 5.41 Å². The Kier molecular flexibility index (Phi) is 1.27. The summed E-state index contributed by atoms with van der Waals surface area (Å²) in [6.45, 7) is 0. The summed E-state index contributed by atoms with van der Waals surface area (Å²) in [4.78, 5) is 0. The van der Waals surface area contributed by atoms with Crippen molar-refractivity contribution in [3.8, 4) is 0 Å². The number of nitrogens with zero attached hydrogens (tertiary/aromatic N) is 1. The van der Waals surface area contributed by atoms with Crippen molar-refractivity contribution in [2.24, 2.45) is 0 Å². The first-order valence-electron chi connectivity index (χ1n) is 3.54. The Morgan fingerprint density at radius 1 is 1.31 bits per heavy atom. The van der Waals surface area contributed by atoms with Gasteiger partial charge >= 0.3 is 5.68 Å². The zero-order valence-corrected chi connectivity index (χ0v) is 6.61. The molecule has 0 radical (unpaired) electrons. The van der Waals surface area contributed by atoms with Gasteiger partial charge in [-0.3, -0.25) is 0 Å². The van der Waals surface area contributed by atoms with Crippen molar-refractivity contribution in [2.45, 2.75) is 0 Å². The van der Waals surface area contributed by atoms with Crippen molar-refractivity contribution in [1.29, 1.82) is 5.41 Å². The first kappa shape index (κ1) is 7.53. The average molecular weight is 180 g/mol. The van der Waals surface area contributed by atoms with Crippen molar-refractivity contribution in [3.63, 3.8) is 0 Å². The maximum absolute atomic E-state index is 9.25. The van der Waals surface area contributed by atoms with Crippen LogP contribution in [0.25, 0.3) is 11.1 Å². The Morgan fingerprint density at radius 3 is 2.62 bits per heavy atom. The molecule has 1 aromatic heterocycles. The maximum Gasteiger partial charge on any atom is 0.328 e. The van der Waals surface area contributed by atoms with Gasteiger partial charge in [-0.15, -0.1) is 4.73 Å². The van der Waals surface area contributed by atoms with Crippen LogP contribution in [0.3, 0.4) is 0 Å². The smallest absolute Gasteiger partial charge is 0.328 e. The lowest BCUT2D eigenvalue weighted by atomic mass is 10.2. The van der Waals surface area contributed by atoms with Gasteiger partial charge in [0.2, 0.25) is 0 Å². The molecule has 2 aromatic rings. The molecular weight excluding hydrogens is 172 g/mol. The highest BCUT2D eigenvalue weighted by molar-refractivity contribution is 5.84. The molecule has 1 aromatic carbocycles. The van der Waals surface area contributed by atoms with E-state index in [1.807, 2.05) is 0 Å². The van der Waals surface area contributed by atoms with Gasteiger partial charge in [0.25, 0.3) is 0 Å². The van der Waals surface area contributed by atoms with Crippen LogP contribution in [0.2, 0.25) is 0 Å². The first-order chi connectivity index (χ1) is 6.09. The van der Waals surface area contributed by atoms with E-state index in [4.69, 9.17) is 21.3 Å². The van der Waals surface area contributed by atoms with Crippen molar-refractivity contribution in [2.75, 3.05) is 11.5 Å². The second kappa shape index (κ2) is 2.19. The fourth-order valence-electron chi connectivity index (χ4n) is 1.10. The van der Waals surface area contributed by atoms with Crippen molar-refractivity contribution >= 4 is 22.5 Å². The topological polar surface area (TPSA) is 114 Å². The number of hydrogen-bond donors (Lipinski definition) is 4. The number of nitrogen functional groups attached to an aromatic ring is 2. The van der Waals surface area contributed by atoms with Crippen LogP contribution in [0.4, 0.5) is 11.4 Å². The molecule has 0 saturated heterocycles. The van der Waals surface area contributed by atoms with Gasteiger partial charge in [0.1, 0.15) is 5.52 Å². The lowest BCUT2D eigenvalue weighted by molar-refractivity contribution is 0.165. The summed E-state index contributed by atoms with van der Waals surface area (Å²) in [5.41, 5.74) is 12.0. The van der Waals surface area contributed by atoms with Gasteiger partial charge in [-0.1, -0.05) is 0 Å². The lowest BCUT2D eigenvalue weighted by Gasteiger charge is -1.98. The van der Waals surface area contributed by atoms with Crippen LogP contribution in [0.5, 0.6) is 0 Å². The van der Waals surface area contributed by atoms with Crippen LogP contribution in [0, 0.1) is 5.41 Å². The third-order valence-corrected chi connectivity index (χ3v) is 1.79. The standard InChI is InChI=1S/C7H8N4O2/c8-3-1-5-6(2-4(3)9)13-7(10)11(5)12/h1-2,10,12H,8-9H2. The fraction of sp³-hybridized carbons (Fsp3) is 0. The van der Waals surface area contributed by atoms with E-state index >= 15 is 0 Å². The Balaban J connectivity index is 2.97. The molecule has 6 nitrogen and oxygen atoms in total. The molecule has 2 rings (SSSR count). The zero-order chi connectivity index (χ0) is 9.59. The quantitative estimate of drug-likeness (QED) is 0.340. The Bertz CT molecular complexity index is 525. The number of nitrogens with one attached hydrogen (secondary N) is 1. The second-order valence-corrected chi connectivity index (χ2v) is 2.67. The summed E-state index contributed by atoms with van der Waals surface area (Å²) >= 11 is 0. The van der Waals surface area contributed by atoms with E-state index in [9.17, 15) is 5.21 Å². The highest BCUT2D eigenvalue weighted by Crippen LogP contribution is 2.21. The van der Waals surface area contributed by atoms with Gasteiger partial charge in [0.05, 0.1) is 11.4 Å². The number of nitrogens with two attached hydrogens (primary N) is 2. The molecule has 0 bridgehead atoms. The molecule has 0 atom stereocenters. The summed E-state index contributed by atoms with van der Waals surface area (Å²) in [6.07, 6.45) is 0. The summed E-state index contributed by atoms with van der Waals surface area (Å²) in [5, 5.41) is 16.4. The van der Waals surface area contributed by atoms with E-state index in [-0.39, 0.29) is 5.68 Å². The van der Waals surface area contributed by atoms with Crippen LogP contribution in [0.1, 0.15) is 0 Å². The number of fused-ring (bicyclic) bond motifs is 1. The van der Waals surface area contributed by atoms with E-state index in [0.717, 1.165) is 0 Å². The molecule has 0 amide bonds. The number of rotatable bonds is 0. The summed E-state index contributed by atoms with van der Waals surface area (Å²) in [5.74, 6) is 0. The van der Waals surface area contributed by atoms with Crippen molar-refractivity contribution in [3.05, 3.63) is 17.8 Å². The second-order valence-electron chi connectivity index (χ2n) is 2.67. The van der Waals surface area contributed by atoms with E-state index in [1.165, 1.54) is 12.1 Å². The van der Waals surface area contributed by atoms with Gasteiger partial charge < -0.3 is 21.1 Å². The Morgan fingerprint density at radius 2 is 1.92 bits per heavy atom. The normalized spacial score (nSPS) is 10.8. The summed E-state index contributed by atoms with van der Waals surface area (Å²) in [6, 6.07) is 2.92. The molecule has 0 fully saturated rings. The van der Waals surface area contributed by atoms with E-state index in [2.05, 4.69) is 0 Å². The largest absolute Gasteiger partial charge is 0.424 e. The zero-order valence-electron chi connectivity index (χ0n) is 6.61. The predicted molar refractivity (Wildman–Crippen MR) is 46.1 cm³/mol. The maximum atomic E-state index is 9.25. The number of oxazole rings is 1. The van der Waals surface area contributed by atoms with Gasteiger partial charge in [-0.2, -0.15) is 0 Å². The molecular formula is C7H8N4O2.